The van der Waals surface area contributed by atoms with Gasteiger partial charge in [0.05, 0.1) is 0 Å². The normalized spacial score (nSPS) is 11.7. The molecule has 0 unspecified atom stereocenters. The molecule has 0 aliphatic carbocycles. The summed E-state index contributed by atoms with van der Waals surface area (Å²) in [5, 5.41) is 2.82. The zero-order chi connectivity index (χ0) is 13.3. The quantitative estimate of drug-likeness (QED) is 0.871. The van der Waals surface area contributed by atoms with Crippen LogP contribution < -0.4 is 10.1 Å². The second kappa shape index (κ2) is 5.69. The smallest absolute Gasteiger partial charge is 0.406 e. The summed E-state index contributed by atoms with van der Waals surface area (Å²) in [5.41, 5.74) is 1.14. The predicted octanol–water partition coefficient (Wildman–Crippen LogP) is 4.35. The summed E-state index contributed by atoms with van der Waals surface area (Å²) in [5.74, 6) is -0.200. The molecule has 0 heterocycles. The molecular formula is C12H17ClF3NO. The molecule has 104 valence electrons. The van der Waals surface area contributed by atoms with Crippen molar-refractivity contribution < 1.29 is 17.9 Å². The fraction of sp³-hybridized carbons (Fsp3) is 0.500. The van der Waals surface area contributed by atoms with Crippen LogP contribution in [0.2, 0.25) is 0 Å². The van der Waals surface area contributed by atoms with E-state index >= 15 is 0 Å². The van der Waals surface area contributed by atoms with E-state index in [1.54, 1.807) is 7.05 Å². The van der Waals surface area contributed by atoms with E-state index in [-0.39, 0.29) is 23.6 Å². The maximum Gasteiger partial charge on any atom is 0.573 e. The lowest BCUT2D eigenvalue weighted by Gasteiger charge is -2.21. The van der Waals surface area contributed by atoms with Gasteiger partial charge in [0.2, 0.25) is 0 Å². The largest absolute Gasteiger partial charge is 0.573 e. The highest BCUT2D eigenvalue weighted by atomic mass is 35.5. The van der Waals surface area contributed by atoms with Crippen LogP contribution in [0.25, 0.3) is 0 Å². The SMILES string of the molecule is CNc1cc(OC(F)(F)F)cc(C(C)(C)C)c1.Cl. The fourth-order valence-electron chi connectivity index (χ4n) is 1.37. The van der Waals surface area contributed by atoms with Crippen LogP contribution in [0.5, 0.6) is 5.75 Å². The summed E-state index contributed by atoms with van der Waals surface area (Å²) >= 11 is 0. The zero-order valence-corrected chi connectivity index (χ0v) is 11.5. The van der Waals surface area contributed by atoms with Crippen molar-refractivity contribution in [1.29, 1.82) is 0 Å². The molecule has 2 nitrogen and oxygen atoms in total. The van der Waals surface area contributed by atoms with E-state index < -0.39 is 6.36 Å². The number of benzene rings is 1. The van der Waals surface area contributed by atoms with Crippen molar-refractivity contribution in [2.45, 2.75) is 32.5 Å². The van der Waals surface area contributed by atoms with E-state index in [9.17, 15) is 13.2 Å². The molecule has 0 aromatic heterocycles. The Kier molecular flexibility index (Phi) is 5.35. The molecule has 0 fully saturated rings. The molecule has 0 saturated heterocycles. The molecule has 0 aliphatic rings. The van der Waals surface area contributed by atoms with Crippen molar-refractivity contribution in [3.05, 3.63) is 23.8 Å². The van der Waals surface area contributed by atoms with Crippen molar-refractivity contribution in [1.82, 2.24) is 0 Å². The van der Waals surface area contributed by atoms with Gasteiger partial charge < -0.3 is 10.1 Å². The van der Waals surface area contributed by atoms with Gasteiger partial charge in [-0.25, -0.2) is 0 Å². The lowest BCUT2D eigenvalue weighted by Crippen LogP contribution is -2.18. The molecule has 0 saturated carbocycles. The maximum absolute atomic E-state index is 12.2. The molecule has 1 aromatic carbocycles. The second-order valence-corrected chi connectivity index (χ2v) is 4.79. The van der Waals surface area contributed by atoms with Gasteiger partial charge in [0, 0.05) is 18.8 Å². The Morgan fingerprint density at radius 1 is 1.06 bits per heavy atom. The molecule has 1 rings (SSSR count). The third-order valence-electron chi connectivity index (χ3n) is 2.29. The molecule has 1 aromatic rings. The topological polar surface area (TPSA) is 21.3 Å². The number of ether oxygens (including phenoxy) is 1. The van der Waals surface area contributed by atoms with E-state index in [0.29, 0.717) is 5.69 Å². The third kappa shape index (κ3) is 5.04. The number of alkyl halides is 3. The van der Waals surface area contributed by atoms with E-state index in [1.807, 2.05) is 26.8 Å². The van der Waals surface area contributed by atoms with Crippen LogP contribution in [-0.4, -0.2) is 13.4 Å². The van der Waals surface area contributed by atoms with Crippen LogP contribution in [0, 0.1) is 0 Å². The molecule has 0 radical (unpaired) electrons. The molecular weight excluding hydrogens is 267 g/mol. The van der Waals surface area contributed by atoms with Crippen LogP contribution in [-0.2, 0) is 5.41 Å². The van der Waals surface area contributed by atoms with E-state index in [4.69, 9.17) is 0 Å². The van der Waals surface area contributed by atoms with Gasteiger partial charge in [0.1, 0.15) is 5.75 Å². The molecule has 1 N–H and O–H groups in total. The summed E-state index contributed by atoms with van der Waals surface area (Å²) in [6.07, 6.45) is -4.67. The monoisotopic (exact) mass is 283 g/mol. The standard InChI is InChI=1S/C12H16F3NO.ClH/c1-11(2,3)8-5-9(16-4)7-10(6-8)17-12(13,14)15;/h5-7,16H,1-4H3;1H. The van der Waals surface area contributed by atoms with Crippen molar-refractivity contribution in [2.75, 3.05) is 12.4 Å². The van der Waals surface area contributed by atoms with Crippen LogP contribution in [0.1, 0.15) is 26.3 Å². The minimum Gasteiger partial charge on any atom is -0.406 e. The Labute approximate surface area is 111 Å². The number of hydrogen-bond donors (Lipinski definition) is 1. The van der Waals surface area contributed by atoms with Crippen LogP contribution in [0.15, 0.2) is 18.2 Å². The minimum atomic E-state index is -4.67. The van der Waals surface area contributed by atoms with Crippen LogP contribution in [0.3, 0.4) is 0 Å². The first-order valence-electron chi connectivity index (χ1n) is 5.21. The Balaban J connectivity index is 0.00000289. The summed E-state index contributed by atoms with van der Waals surface area (Å²) < 4.78 is 40.4. The van der Waals surface area contributed by atoms with Gasteiger partial charge in [-0.05, 0) is 23.1 Å². The first kappa shape index (κ1) is 16.9. The molecule has 0 spiro atoms. The van der Waals surface area contributed by atoms with Crippen molar-refractivity contribution in [3.8, 4) is 5.75 Å². The Bertz CT molecular complexity index is 399. The van der Waals surface area contributed by atoms with Crippen molar-refractivity contribution >= 4 is 18.1 Å². The average Bonchev–Trinajstić information content (AvgIpc) is 2.13. The van der Waals surface area contributed by atoms with Gasteiger partial charge in [-0.1, -0.05) is 20.8 Å². The van der Waals surface area contributed by atoms with Gasteiger partial charge in [-0.3, -0.25) is 0 Å². The van der Waals surface area contributed by atoms with Crippen LogP contribution >= 0.6 is 12.4 Å². The lowest BCUT2D eigenvalue weighted by atomic mass is 9.86. The zero-order valence-electron chi connectivity index (χ0n) is 10.7. The van der Waals surface area contributed by atoms with E-state index in [2.05, 4.69) is 10.1 Å². The third-order valence-corrected chi connectivity index (χ3v) is 2.29. The highest BCUT2D eigenvalue weighted by molar-refractivity contribution is 5.85. The number of rotatable bonds is 2. The molecule has 0 aliphatic heterocycles. The van der Waals surface area contributed by atoms with Gasteiger partial charge in [0.25, 0.3) is 0 Å². The molecule has 6 heteroatoms. The van der Waals surface area contributed by atoms with E-state index in [0.717, 1.165) is 5.56 Å². The Morgan fingerprint density at radius 3 is 2.00 bits per heavy atom. The molecule has 0 amide bonds. The number of halogens is 4. The van der Waals surface area contributed by atoms with E-state index in [1.165, 1.54) is 12.1 Å². The molecule has 0 atom stereocenters. The lowest BCUT2D eigenvalue weighted by molar-refractivity contribution is -0.274. The summed E-state index contributed by atoms with van der Waals surface area (Å²) in [6, 6.07) is 4.54. The first-order valence-corrected chi connectivity index (χ1v) is 5.21. The second-order valence-electron chi connectivity index (χ2n) is 4.79. The van der Waals surface area contributed by atoms with Gasteiger partial charge in [-0.15, -0.1) is 25.6 Å². The minimum absolute atomic E-state index is 0. The average molecular weight is 284 g/mol. The predicted molar refractivity (Wildman–Crippen MR) is 68.6 cm³/mol. The molecule has 0 bridgehead atoms. The van der Waals surface area contributed by atoms with Crippen molar-refractivity contribution in [3.63, 3.8) is 0 Å². The molecule has 18 heavy (non-hydrogen) atoms. The van der Waals surface area contributed by atoms with Crippen molar-refractivity contribution in [2.24, 2.45) is 0 Å². The highest BCUT2D eigenvalue weighted by Gasteiger charge is 2.31. The number of anilines is 1. The Hall–Kier alpha value is -1.10. The summed E-state index contributed by atoms with van der Waals surface area (Å²) in [6.45, 7) is 5.79. The first-order chi connectivity index (χ1) is 7.62. The Morgan fingerprint density at radius 2 is 1.61 bits per heavy atom. The maximum atomic E-state index is 12.2. The number of nitrogens with one attached hydrogen (secondary N) is 1. The van der Waals surface area contributed by atoms with Crippen LogP contribution in [0.4, 0.5) is 18.9 Å². The number of hydrogen-bond acceptors (Lipinski definition) is 2. The van der Waals surface area contributed by atoms with Gasteiger partial charge >= 0.3 is 6.36 Å². The van der Waals surface area contributed by atoms with Gasteiger partial charge in [0.15, 0.2) is 0 Å². The van der Waals surface area contributed by atoms with Gasteiger partial charge in [-0.2, -0.15) is 0 Å². The summed E-state index contributed by atoms with van der Waals surface area (Å²) in [4.78, 5) is 0. The fourth-order valence-corrected chi connectivity index (χ4v) is 1.37. The summed E-state index contributed by atoms with van der Waals surface area (Å²) in [7, 11) is 1.65. The highest BCUT2D eigenvalue weighted by Crippen LogP contribution is 2.32.